The molecule has 0 radical (unpaired) electrons. The van der Waals surface area contributed by atoms with E-state index < -0.39 is 11.4 Å². The van der Waals surface area contributed by atoms with Gasteiger partial charge in [-0.2, -0.15) is 0 Å². The Labute approximate surface area is 129 Å². The molecule has 1 aromatic heterocycles. The number of carbonyl (C=O) groups excluding carboxylic acids is 1. The van der Waals surface area contributed by atoms with Gasteiger partial charge in [-0.25, -0.2) is 4.79 Å². The summed E-state index contributed by atoms with van der Waals surface area (Å²) < 4.78 is 0. The summed E-state index contributed by atoms with van der Waals surface area (Å²) in [6.07, 6.45) is 3.99. The first-order valence-electron chi connectivity index (χ1n) is 7.28. The summed E-state index contributed by atoms with van der Waals surface area (Å²) in [6, 6.07) is 3.85. The first-order valence-corrected chi connectivity index (χ1v) is 8.16. The number of carboxylic acids is 1. The average molecular weight is 310 g/mol. The smallest absolute Gasteiger partial charge is 0.317 e. The van der Waals surface area contributed by atoms with Gasteiger partial charge >= 0.3 is 12.0 Å². The number of nitrogens with zero attached hydrogens (tertiary/aromatic N) is 1. The predicted octanol–water partition coefficient (Wildman–Crippen LogP) is 2.58. The van der Waals surface area contributed by atoms with Crippen molar-refractivity contribution >= 4 is 23.3 Å². The zero-order valence-corrected chi connectivity index (χ0v) is 13.1. The van der Waals surface area contributed by atoms with Crippen LogP contribution in [-0.4, -0.2) is 42.1 Å². The van der Waals surface area contributed by atoms with E-state index in [0.29, 0.717) is 19.4 Å². The summed E-state index contributed by atoms with van der Waals surface area (Å²) in [7, 11) is 1.74. The summed E-state index contributed by atoms with van der Waals surface area (Å²) in [5, 5.41) is 14.2. The average Bonchev–Trinajstić information content (AvgIpc) is 3.13. The predicted molar refractivity (Wildman–Crippen MR) is 82.6 cm³/mol. The molecule has 21 heavy (non-hydrogen) atoms. The molecular weight excluding hydrogens is 288 g/mol. The van der Waals surface area contributed by atoms with Crippen LogP contribution in [0.3, 0.4) is 0 Å². The number of urea groups is 1. The van der Waals surface area contributed by atoms with Gasteiger partial charge in [0.2, 0.25) is 0 Å². The first-order chi connectivity index (χ1) is 10.0. The summed E-state index contributed by atoms with van der Waals surface area (Å²) in [5.74, 6) is -0.790. The van der Waals surface area contributed by atoms with Gasteiger partial charge in [0, 0.05) is 25.0 Å². The maximum atomic E-state index is 12.0. The number of hydrogen-bond donors (Lipinski definition) is 2. The second-order valence-electron chi connectivity index (χ2n) is 5.70. The molecule has 2 amide bonds. The van der Waals surface area contributed by atoms with E-state index in [1.54, 1.807) is 23.3 Å². The van der Waals surface area contributed by atoms with Crippen molar-refractivity contribution in [3.05, 3.63) is 22.4 Å². The fraction of sp³-hybridized carbons (Fsp3) is 0.600. The van der Waals surface area contributed by atoms with E-state index in [4.69, 9.17) is 0 Å². The Morgan fingerprint density at radius 1 is 1.43 bits per heavy atom. The fourth-order valence-corrected chi connectivity index (χ4v) is 3.43. The number of aliphatic carboxylic acids is 1. The van der Waals surface area contributed by atoms with Gasteiger partial charge in [0.25, 0.3) is 0 Å². The van der Waals surface area contributed by atoms with E-state index in [1.165, 1.54) is 4.88 Å². The zero-order chi connectivity index (χ0) is 15.3. The molecule has 0 spiro atoms. The lowest BCUT2D eigenvalue weighted by Crippen LogP contribution is -2.46. The molecule has 1 fully saturated rings. The third-order valence-electron chi connectivity index (χ3n) is 4.21. The zero-order valence-electron chi connectivity index (χ0n) is 12.3. The van der Waals surface area contributed by atoms with E-state index in [1.807, 2.05) is 17.5 Å². The van der Waals surface area contributed by atoms with Crippen LogP contribution in [0, 0.1) is 5.41 Å². The summed E-state index contributed by atoms with van der Waals surface area (Å²) in [6.45, 7) is 0.858. The van der Waals surface area contributed by atoms with E-state index in [9.17, 15) is 14.7 Å². The Morgan fingerprint density at radius 2 is 2.14 bits per heavy atom. The molecule has 116 valence electrons. The molecule has 0 unspecified atom stereocenters. The quantitative estimate of drug-likeness (QED) is 0.848. The van der Waals surface area contributed by atoms with E-state index in [2.05, 4.69) is 5.32 Å². The maximum Gasteiger partial charge on any atom is 0.317 e. The van der Waals surface area contributed by atoms with Crippen molar-refractivity contribution in [2.75, 3.05) is 20.1 Å². The highest BCUT2D eigenvalue weighted by Crippen LogP contribution is 2.37. The molecule has 1 heterocycles. The number of carboxylic acid groups (broad SMARTS) is 1. The monoisotopic (exact) mass is 310 g/mol. The van der Waals surface area contributed by atoms with Crippen LogP contribution in [0.25, 0.3) is 0 Å². The van der Waals surface area contributed by atoms with Crippen LogP contribution in [0.1, 0.15) is 30.6 Å². The highest BCUT2D eigenvalue weighted by atomic mass is 32.1. The van der Waals surface area contributed by atoms with Gasteiger partial charge in [0.15, 0.2) is 0 Å². The molecule has 2 rings (SSSR count). The third-order valence-corrected chi connectivity index (χ3v) is 5.15. The summed E-state index contributed by atoms with van der Waals surface area (Å²) >= 11 is 1.68. The lowest BCUT2D eigenvalue weighted by molar-refractivity contribution is -0.148. The molecule has 1 saturated carbocycles. The minimum atomic E-state index is -0.790. The van der Waals surface area contributed by atoms with Crippen LogP contribution in [0.4, 0.5) is 4.79 Å². The Hall–Kier alpha value is -1.56. The van der Waals surface area contributed by atoms with Crippen molar-refractivity contribution in [2.24, 2.45) is 5.41 Å². The number of thiophene rings is 1. The highest BCUT2D eigenvalue weighted by molar-refractivity contribution is 7.09. The van der Waals surface area contributed by atoms with Crippen molar-refractivity contribution in [3.63, 3.8) is 0 Å². The summed E-state index contributed by atoms with van der Waals surface area (Å²) in [4.78, 5) is 26.3. The van der Waals surface area contributed by atoms with Crippen molar-refractivity contribution in [1.29, 1.82) is 0 Å². The molecule has 1 aliphatic carbocycles. The number of hydrogen-bond acceptors (Lipinski definition) is 3. The molecule has 0 bridgehead atoms. The highest BCUT2D eigenvalue weighted by Gasteiger charge is 2.41. The topological polar surface area (TPSA) is 69.6 Å². The molecular formula is C15H22N2O3S. The Morgan fingerprint density at radius 3 is 2.71 bits per heavy atom. The van der Waals surface area contributed by atoms with Crippen molar-refractivity contribution in [2.45, 2.75) is 32.1 Å². The third kappa shape index (κ3) is 3.97. The fourth-order valence-electron chi connectivity index (χ4n) is 2.73. The molecule has 0 atom stereocenters. The molecule has 0 aliphatic heterocycles. The van der Waals surface area contributed by atoms with Crippen LogP contribution in [0.15, 0.2) is 17.5 Å². The Kier molecular flexibility index (Phi) is 5.22. The van der Waals surface area contributed by atoms with Crippen LogP contribution in [0.5, 0.6) is 0 Å². The van der Waals surface area contributed by atoms with Gasteiger partial charge in [-0.1, -0.05) is 18.9 Å². The lowest BCUT2D eigenvalue weighted by Gasteiger charge is -2.26. The SMILES string of the molecule is CN(CCc1cccs1)C(=O)NCC1(C(=O)O)CCCC1. The van der Waals surface area contributed by atoms with Crippen LogP contribution < -0.4 is 5.32 Å². The molecule has 0 saturated heterocycles. The van der Waals surface area contributed by atoms with Gasteiger partial charge in [-0.05, 0) is 30.7 Å². The molecule has 6 heteroatoms. The largest absolute Gasteiger partial charge is 0.481 e. The van der Waals surface area contributed by atoms with Gasteiger partial charge in [0.1, 0.15) is 0 Å². The van der Waals surface area contributed by atoms with E-state index >= 15 is 0 Å². The first kappa shape index (κ1) is 15.8. The second-order valence-corrected chi connectivity index (χ2v) is 6.73. The van der Waals surface area contributed by atoms with Gasteiger partial charge in [0.05, 0.1) is 5.41 Å². The normalized spacial score (nSPS) is 16.6. The number of carbonyl (C=O) groups is 2. The van der Waals surface area contributed by atoms with Crippen molar-refractivity contribution in [3.8, 4) is 0 Å². The number of likely N-dealkylation sites (N-methyl/N-ethyl adjacent to an activating group) is 1. The summed E-state index contributed by atoms with van der Waals surface area (Å²) in [5.41, 5.74) is -0.760. The number of rotatable bonds is 6. The molecule has 1 aromatic rings. The Balaban J connectivity index is 1.79. The van der Waals surface area contributed by atoms with Crippen LogP contribution in [-0.2, 0) is 11.2 Å². The number of amides is 2. The molecule has 5 nitrogen and oxygen atoms in total. The van der Waals surface area contributed by atoms with E-state index in [0.717, 1.165) is 19.3 Å². The number of nitrogens with one attached hydrogen (secondary N) is 1. The lowest BCUT2D eigenvalue weighted by atomic mass is 9.86. The standard InChI is InChI=1S/C15H22N2O3S/c1-17(9-6-12-5-4-10-21-12)14(20)16-11-15(13(18)19)7-2-3-8-15/h4-5,10H,2-3,6-9,11H2,1H3,(H,16,20)(H,18,19). The maximum absolute atomic E-state index is 12.0. The Bertz CT molecular complexity index is 481. The molecule has 0 aromatic carbocycles. The van der Waals surface area contributed by atoms with Crippen LogP contribution >= 0.6 is 11.3 Å². The van der Waals surface area contributed by atoms with Crippen LogP contribution in [0.2, 0.25) is 0 Å². The molecule has 1 aliphatic rings. The van der Waals surface area contributed by atoms with Gasteiger partial charge in [-0.3, -0.25) is 4.79 Å². The van der Waals surface area contributed by atoms with Crippen molar-refractivity contribution < 1.29 is 14.7 Å². The minimum absolute atomic E-state index is 0.195. The molecule has 2 N–H and O–H groups in total. The van der Waals surface area contributed by atoms with Gasteiger partial charge < -0.3 is 15.3 Å². The van der Waals surface area contributed by atoms with Gasteiger partial charge in [-0.15, -0.1) is 11.3 Å². The minimum Gasteiger partial charge on any atom is -0.481 e. The van der Waals surface area contributed by atoms with Crippen molar-refractivity contribution in [1.82, 2.24) is 10.2 Å². The second kappa shape index (κ2) is 6.93. The van der Waals surface area contributed by atoms with E-state index in [-0.39, 0.29) is 12.6 Å².